The molecular weight excluding hydrogens is 418 g/mol. The van der Waals surface area contributed by atoms with Crippen molar-refractivity contribution in [2.75, 3.05) is 18.4 Å². The molecule has 2 fully saturated rings. The summed E-state index contributed by atoms with van der Waals surface area (Å²) in [5, 5.41) is 10.5. The molecule has 0 aromatic carbocycles. The van der Waals surface area contributed by atoms with E-state index in [2.05, 4.69) is 15.5 Å². The molecule has 3 heterocycles. The Morgan fingerprint density at radius 1 is 1.16 bits per heavy atom. The number of alkyl halides is 1. The molecule has 0 saturated carbocycles. The van der Waals surface area contributed by atoms with Gasteiger partial charge in [0.1, 0.15) is 5.60 Å². The van der Waals surface area contributed by atoms with Gasteiger partial charge in [0, 0.05) is 6.54 Å². The molecule has 32 heavy (non-hydrogen) atoms. The maximum atomic E-state index is 15.4. The average Bonchev–Trinajstić information content (AvgIpc) is 2.88. The summed E-state index contributed by atoms with van der Waals surface area (Å²) in [7, 11) is -0.689. The van der Waals surface area contributed by atoms with Gasteiger partial charge in [-0.05, 0) is 73.4 Å². The largest absolute Gasteiger partial charge is 0.516 e. The Morgan fingerprint density at radius 3 is 2.31 bits per heavy atom. The Morgan fingerprint density at radius 2 is 1.78 bits per heavy atom. The van der Waals surface area contributed by atoms with Crippen LogP contribution in [0, 0.1) is 0 Å². The number of likely N-dealkylation sites (tertiary alicyclic amines) is 1. The van der Waals surface area contributed by atoms with Crippen molar-refractivity contribution in [3.63, 3.8) is 0 Å². The van der Waals surface area contributed by atoms with Crippen LogP contribution in [0.2, 0.25) is 0 Å². The molecule has 0 bridgehead atoms. The Hall–Kier alpha value is -2.27. The Bertz CT molecular complexity index is 858. The van der Waals surface area contributed by atoms with Crippen LogP contribution in [0.5, 0.6) is 0 Å². The second-order valence-corrected chi connectivity index (χ2v) is 10.4. The molecule has 9 nitrogen and oxygen atoms in total. The van der Waals surface area contributed by atoms with Crippen molar-refractivity contribution < 1.29 is 28.0 Å². The van der Waals surface area contributed by atoms with Crippen LogP contribution in [0.4, 0.5) is 15.0 Å². The summed E-state index contributed by atoms with van der Waals surface area (Å²) >= 11 is 0. The predicted molar refractivity (Wildman–Crippen MR) is 117 cm³/mol. The molecule has 1 atom stereocenters. The number of piperidine rings is 1. The first-order chi connectivity index (χ1) is 14.6. The maximum Gasteiger partial charge on any atom is 0.516 e. The van der Waals surface area contributed by atoms with Crippen LogP contribution in [0.15, 0.2) is 12.1 Å². The molecule has 2 saturated heterocycles. The molecule has 0 aliphatic carbocycles. The van der Waals surface area contributed by atoms with E-state index in [0.717, 1.165) is 0 Å². The first-order valence-corrected chi connectivity index (χ1v) is 10.8. The first kappa shape index (κ1) is 24.4. The number of halogens is 1. The van der Waals surface area contributed by atoms with Gasteiger partial charge in [-0.1, -0.05) is 0 Å². The second kappa shape index (κ2) is 8.26. The molecule has 1 N–H and O–H groups in total. The van der Waals surface area contributed by atoms with Gasteiger partial charge in [0.15, 0.2) is 5.82 Å². The third kappa shape index (κ3) is 5.20. The van der Waals surface area contributed by atoms with Gasteiger partial charge < -0.3 is 24.3 Å². The smallest absolute Gasteiger partial charge is 0.444 e. The number of nitrogens with zero attached hydrogens (tertiary/aromatic N) is 3. The van der Waals surface area contributed by atoms with Crippen molar-refractivity contribution in [3.8, 4) is 0 Å². The lowest BCUT2D eigenvalue weighted by atomic mass is 9.85. The summed E-state index contributed by atoms with van der Waals surface area (Å²) in [5.74, 6) is -0.773. The van der Waals surface area contributed by atoms with E-state index in [1.54, 1.807) is 26.8 Å². The summed E-state index contributed by atoms with van der Waals surface area (Å²) in [5.41, 5.74) is -3.54. The SMILES string of the molecule is CC(C)(C)OC(=O)N1CCC[C@](F)(C(=O)Nc2ccc(B3OC(C)(C)C(C)(C)O3)nn2)C1. The number of anilines is 1. The molecule has 0 radical (unpaired) electrons. The molecule has 11 heteroatoms. The fourth-order valence-corrected chi connectivity index (χ4v) is 3.41. The highest BCUT2D eigenvalue weighted by Gasteiger charge is 2.52. The molecule has 1 aromatic heterocycles. The number of hydrogen-bond donors (Lipinski definition) is 1. The third-order valence-corrected chi connectivity index (χ3v) is 5.92. The number of carbonyl (C=O) groups excluding carboxylic acids is 2. The van der Waals surface area contributed by atoms with Crippen LogP contribution < -0.4 is 10.9 Å². The van der Waals surface area contributed by atoms with Gasteiger partial charge in [-0.3, -0.25) is 4.79 Å². The lowest BCUT2D eigenvalue weighted by molar-refractivity contribution is -0.130. The van der Waals surface area contributed by atoms with E-state index in [-0.39, 0.29) is 18.8 Å². The van der Waals surface area contributed by atoms with E-state index in [4.69, 9.17) is 14.0 Å². The molecular formula is C21H32BFN4O5. The van der Waals surface area contributed by atoms with Crippen LogP contribution >= 0.6 is 0 Å². The van der Waals surface area contributed by atoms with E-state index in [1.165, 1.54) is 11.0 Å². The van der Waals surface area contributed by atoms with Crippen molar-refractivity contribution in [3.05, 3.63) is 12.1 Å². The number of amides is 2. The zero-order chi connectivity index (χ0) is 23.9. The van der Waals surface area contributed by atoms with Crippen LogP contribution in [0.3, 0.4) is 0 Å². The van der Waals surface area contributed by atoms with Gasteiger partial charge in [0.05, 0.1) is 23.3 Å². The van der Waals surface area contributed by atoms with Gasteiger partial charge in [0.25, 0.3) is 5.91 Å². The zero-order valence-corrected chi connectivity index (χ0v) is 19.8. The third-order valence-electron chi connectivity index (χ3n) is 5.92. The lowest BCUT2D eigenvalue weighted by Gasteiger charge is -2.36. The van der Waals surface area contributed by atoms with Crippen molar-refractivity contribution >= 4 is 30.5 Å². The minimum absolute atomic E-state index is 0.00242. The van der Waals surface area contributed by atoms with Gasteiger partial charge in [-0.15, -0.1) is 5.10 Å². The van der Waals surface area contributed by atoms with Gasteiger partial charge >= 0.3 is 13.2 Å². The van der Waals surface area contributed by atoms with E-state index in [9.17, 15) is 9.59 Å². The summed E-state index contributed by atoms with van der Waals surface area (Å²) < 4.78 is 32.6. The Labute approximate surface area is 188 Å². The lowest BCUT2D eigenvalue weighted by Crippen LogP contribution is -2.54. The summed E-state index contributed by atoms with van der Waals surface area (Å²) in [6.45, 7) is 12.9. The van der Waals surface area contributed by atoms with Crippen molar-refractivity contribution in [2.45, 2.75) is 83.8 Å². The van der Waals surface area contributed by atoms with Gasteiger partial charge in [0.2, 0.25) is 5.67 Å². The van der Waals surface area contributed by atoms with Crippen LogP contribution in [-0.4, -0.2) is 69.8 Å². The quantitative estimate of drug-likeness (QED) is 0.706. The molecule has 0 unspecified atom stereocenters. The minimum atomic E-state index is -2.25. The van der Waals surface area contributed by atoms with Crippen LogP contribution in [0.25, 0.3) is 0 Å². The van der Waals surface area contributed by atoms with Crippen molar-refractivity contribution in [1.82, 2.24) is 15.1 Å². The van der Waals surface area contributed by atoms with E-state index in [0.29, 0.717) is 18.6 Å². The second-order valence-electron chi connectivity index (χ2n) is 10.4. The van der Waals surface area contributed by atoms with E-state index >= 15 is 4.39 Å². The summed E-state index contributed by atoms with van der Waals surface area (Å²) in [6.07, 6.45) is -0.300. The van der Waals surface area contributed by atoms with Crippen LogP contribution in [-0.2, 0) is 18.8 Å². The fraction of sp³-hybridized carbons (Fsp3) is 0.714. The van der Waals surface area contributed by atoms with Crippen molar-refractivity contribution in [1.29, 1.82) is 0 Å². The Kier molecular flexibility index (Phi) is 6.29. The van der Waals surface area contributed by atoms with Gasteiger partial charge in [-0.2, -0.15) is 5.10 Å². The first-order valence-electron chi connectivity index (χ1n) is 10.8. The number of ether oxygens (including phenoxy) is 1. The number of nitrogens with one attached hydrogen (secondary N) is 1. The molecule has 1 aromatic rings. The highest BCUT2D eigenvalue weighted by molar-refractivity contribution is 6.61. The average molecular weight is 450 g/mol. The zero-order valence-electron chi connectivity index (χ0n) is 19.8. The standard InChI is InChI=1S/C21H32BFN4O5/c1-18(2,3)30-17(29)27-12-8-11-21(23,13-27)16(28)24-15-10-9-14(25-26-15)22-31-19(4,5)20(6,7)32-22/h9-10H,8,11-13H2,1-7H3,(H,24,26,28)/t21-/m1/s1. The van der Waals surface area contributed by atoms with Gasteiger partial charge in [-0.25, -0.2) is 9.18 Å². The minimum Gasteiger partial charge on any atom is -0.444 e. The topological polar surface area (TPSA) is 103 Å². The van der Waals surface area contributed by atoms with E-state index in [1.807, 2.05) is 27.7 Å². The predicted octanol–water partition coefficient (Wildman–Crippen LogP) is 2.45. The number of aromatic nitrogens is 2. The fourth-order valence-electron chi connectivity index (χ4n) is 3.41. The normalized spacial score (nSPS) is 24.9. The molecule has 2 amide bonds. The number of carbonyl (C=O) groups is 2. The molecule has 0 spiro atoms. The highest BCUT2D eigenvalue weighted by atomic mass is 19.1. The molecule has 2 aliphatic heterocycles. The molecule has 176 valence electrons. The summed E-state index contributed by atoms with van der Waals surface area (Å²) in [6, 6.07) is 3.13. The number of hydrogen-bond acceptors (Lipinski definition) is 7. The monoisotopic (exact) mass is 450 g/mol. The highest BCUT2D eigenvalue weighted by Crippen LogP contribution is 2.36. The van der Waals surface area contributed by atoms with Crippen LogP contribution in [0.1, 0.15) is 61.3 Å². The number of rotatable bonds is 3. The van der Waals surface area contributed by atoms with E-state index < -0.39 is 41.6 Å². The molecule has 2 aliphatic rings. The summed E-state index contributed by atoms with van der Waals surface area (Å²) in [4.78, 5) is 26.2. The maximum absolute atomic E-state index is 15.4. The van der Waals surface area contributed by atoms with Crippen molar-refractivity contribution in [2.24, 2.45) is 0 Å². The Balaban J connectivity index is 1.63. The molecule has 3 rings (SSSR count).